The minimum atomic E-state index is -4.60. The Kier molecular flexibility index (Phi) is 4.33. The molecule has 23 heavy (non-hydrogen) atoms. The van der Waals surface area contributed by atoms with E-state index in [1.807, 2.05) is 0 Å². The Bertz CT molecular complexity index is 640. The third-order valence-corrected chi connectivity index (χ3v) is 6.93. The molecule has 0 saturated carbocycles. The van der Waals surface area contributed by atoms with Gasteiger partial charge in [-0.1, -0.05) is 6.07 Å². The first-order chi connectivity index (χ1) is 10.8. The number of alkyl halides is 3. The second kappa shape index (κ2) is 6.00. The molecule has 3 rings (SSSR count). The highest BCUT2D eigenvalue weighted by molar-refractivity contribution is 7.86. The summed E-state index contributed by atoms with van der Waals surface area (Å²) in [7, 11) is -0.871. The molecule has 7 heteroatoms. The summed E-state index contributed by atoms with van der Waals surface area (Å²) in [5, 5.41) is 0.0836. The molecule has 2 unspecified atom stereocenters. The Morgan fingerprint density at radius 1 is 1.17 bits per heavy atom. The molecule has 2 bridgehead atoms. The molecule has 0 spiro atoms. The van der Waals surface area contributed by atoms with Crippen molar-refractivity contribution >= 4 is 16.6 Å². The zero-order chi connectivity index (χ0) is 16.8. The van der Waals surface area contributed by atoms with Crippen LogP contribution in [0.5, 0.6) is 0 Å². The molecule has 0 aromatic heterocycles. The van der Waals surface area contributed by atoms with Gasteiger partial charge in [-0.3, -0.25) is 9.00 Å². The fraction of sp³-hybridized carbons (Fsp3) is 0.562. The van der Waals surface area contributed by atoms with E-state index in [1.165, 1.54) is 0 Å². The Morgan fingerprint density at radius 3 is 2.30 bits per heavy atom. The minimum absolute atomic E-state index is 0.0120. The molecular weight excluding hydrogens is 332 g/mol. The zero-order valence-corrected chi connectivity index (χ0v) is 13.1. The van der Waals surface area contributed by atoms with E-state index in [0.717, 1.165) is 25.0 Å². The maximum absolute atomic E-state index is 13.8. The summed E-state index contributed by atoms with van der Waals surface area (Å²) in [6, 6.07) is 2.26. The van der Waals surface area contributed by atoms with Crippen molar-refractivity contribution in [1.82, 2.24) is 0 Å². The highest BCUT2D eigenvalue weighted by Crippen LogP contribution is 2.39. The van der Waals surface area contributed by atoms with E-state index in [4.69, 9.17) is 0 Å². The number of halogens is 4. The standard InChI is InChI=1S/C16H16F4O2S/c17-14-8-11(16(18,19)20)2-1-9(14)7-15(21)10-5-12-3-4-13(6-10)23(12)22/h1-2,8,10,12-13H,3-7H2. The van der Waals surface area contributed by atoms with Crippen LogP contribution in [0.25, 0.3) is 0 Å². The number of carbonyl (C=O) groups excluding carboxylic acids is 1. The predicted molar refractivity (Wildman–Crippen MR) is 77.8 cm³/mol. The molecule has 2 nitrogen and oxygen atoms in total. The smallest absolute Gasteiger partial charge is 0.299 e. The van der Waals surface area contributed by atoms with Gasteiger partial charge < -0.3 is 0 Å². The average molecular weight is 348 g/mol. The van der Waals surface area contributed by atoms with Crippen LogP contribution in [0, 0.1) is 11.7 Å². The number of carbonyl (C=O) groups is 1. The summed E-state index contributed by atoms with van der Waals surface area (Å²) in [6.07, 6.45) is -2.00. The predicted octanol–water partition coefficient (Wildman–Crippen LogP) is 3.65. The van der Waals surface area contributed by atoms with Crippen molar-refractivity contribution in [1.29, 1.82) is 0 Å². The molecule has 1 aromatic rings. The van der Waals surface area contributed by atoms with Crippen LogP contribution in [0.4, 0.5) is 17.6 Å². The van der Waals surface area contributed by atoms with E-state index < -0.39 is 28.4 Å². The molecular formula is C16H16F4O2S. The van der Waals surface area contributed by atoms with Gasteiger partial charge in [0.05, 0.1) is 5.56 Å². The van der Waals surface area contributed by atoms with Gasteiger partial charge in [0.25, 0.3) is 0 Å². The van der Waals surface area contributed by atoms with Crippen LogP contribution in [0.15, 0.2) is 18.2 Å². The average Bonchev–Trinajstić information content (AvgIpc) is 2.70. The third-order valence-electron chi connectivity index (χ3n) is 4.76. The van der Waals surface area contributed by atoms with E-state index in [1.54, 1.807) is 0 Å². The van der Waals surface area contributed by atoms with Crippen LogP contribution in [0.1, 0.15) is 36.8 Å². The first-order valence-electron chi connectivity index (χ1n) is 7.53. The van der Waals surface area contributed by atoms with Crippen molar-refractivity contribution in [2.24, 2.45) is 5.92 Å². The molecule has 1 aromatic carbocycles. The molecule has 2 atom stereocenters. The molecule has 2 heterocycles. The van der Waals surface area contributed by atoms with Crippen LogP contribution in [0.2, 0.25) is 0 Å². The molecule has 0 radical (unpaired) electrons. The van der Waals surface area contributed by atoms with E-state index in [2.05, 4.69) is 0 Å². The van der Waals surface area contributed by atoms with Gasteiger partial charge in [-0.15, -0.1) is 0 Å². The molecule has 0 N–H and O–H groups in total. The van der Waals surface area contributed by atoms with Crippen LogP contribution >= 0.6 is 0 Å². The van der Waals surface area contributed by atoms with Crippen molar-refractivity contribution in [2.45, 2.75) is 48.8 Å². The summed E-state index contributed by atoms with van der Waals surface area (Å²) in [4.78, 5) is 12.3. The fourth-order valence-electron chi connectivity index (χ4n) is 3.49. The maximum atomic E-state index is 13.8. The SMILES string of the molecule is O=C(Cc1ccc(C(F)(F)F)cc1F)C1CC2CCC(C1)S2=O. The molecule has 2 saturated heterocycles. The van der Waals surface area contributed by atoms with Gasteiger partial charge in [-0.05, 0) is 43.4 Å². The van der Waals surface area contributed by atoms with Crippen molar-refractivity contribution < 1.29 is 26.6 Å². The number of ketones is 1. The van der Waals surface area contributed by atoms with Gasteiger partial charge in [-0.2, -0.15) is 13.2 Å². The Hall–Kier alpha value is -1.24. The summed E-state index contributed by atoms with van der Waals surface area (Å²) in [6.45, 7) is 0. The molecule has 0 aliphatic carbocycles. The van der Waals surface area contributed by atoms with Gasteiger partial charge >= 0.3 is 6.18 Å². The number of rotatable bonds is 3. The number of benzene rings is 1. The topological polar surface area (TPSA) is 34.1 Å². The highest BCUT2D eigenvalue weighted by atomic mass is 32.2. The zero-order valence-electron chi connectivity index (χ0n) is 12.2. The lowest BCUT2D eigenvalue weighted by molar-refractivity contribution is -0.137. The van der Waals surface area contributed by atoms with Crippen molar-refractivity contribution in [3.05, 3.63) is 35.1 Å². The summed E-state index contributed by atoms with van der Waals surface area (Å²) >= 11 is 0. The van der Waals surface area contributed by atoms with Crippen molar-refractivity contribution in [2.75, 3.05) is 0 Å². The summed E-state index contributed by atoms with van der Waals surface area (Å²) < 4.78 is 63.3. The third kappa shape index (κ3) is 3.34. The second-order valence-electron chi connectivity index (χ2n) is 6.27. The van der Waals surface area contributed by atoms with Crippen molar-refractivity contribution in [3.63, 3.8) is 0 Å². The van der Waals surface area contributed by atoms with Gasteiger partial charge in [0.1, 0.15) is 11.6 Å². The largest absolute Gasteiger partial charge is 0.416 e. The molecule has 2 fully saturated rings. The maximum Gasteiger partial charge on any atom is 0.416 e. The molecule has 2 aliphatic rings. The van der Waals surface area contributed by atoms with E-state index in [0.29, 0.717) is 18.9 Å². The Labute approximate surface area is 133 Å². The normalized spacial score (nSPS) is 30.4. The van der Waals surface area contributed by atoms with Gasteiger partial charge in [-0.25, -0.2) is 4.39 Å². The Morgan fingerprint density at radius 2 is 1.78 bits per heavy atom. The number of hydrogen-bond acceptors (Lipinski definition) is 2. The molecule has 126 valence electrons. The van der Waals surface area contributed by atoms with Crippen LogP contribution in [-0.2, 0) is 28.2 Å². The second-order valence-corrected chi connectivity index (χ2v) is 8.26. The van der Waals surface area contributed by atoms with Crippen LogP contribution in [-0.4, -0.2) is 20.5 Å². The van der Waals surface area contributed by atoms with Gasteiger partial charge in [0.2, 0.25) is 0 Å². The Balaban J connectivity index is 1.70. The van der Waals surface area contributed by atoms with Crippen LogP contribution < -0.4 is 0 Å². The minimum Gasteiger partial charge on any atom is -0.299 e. The number of fused-ring (bicyclic) bond motifs is 2. The first kappa shape index (κ1) is 16.6. The van der Waals surface area contributed by atoms with E-state index >= 15 is 0 Å². The lowest BCUT2D eigenvalue weighted by Crippen LogP contribution is -2.33. The fourth-order valence-corrected chi connectivity index (χ4v) is 5.62. The number of hydrogen-bond donors (Lipinski definition) is 0. The first-order valence-corrected chi connectivity index (χ1v) is 8.81. The summed E-state index contributed by atoms with van der Waals surface area (Å²) in [5.74, 6) is -1.43. The summed E-state index contributed by atoms with van der Waals surface area (Å²) in [5.41, 5.74) is -1.07. The van der Waals surface area contributed by atoms with Gasteiger partial charge in [0.15, 0.2) is 0 Å². The molecule has 2 aliphatic heterocycles. The van der Waals surface area contributed by atoms with Crippen LogP contribution in [0.3, 0.4) is 0 Å². The van der Waals surface area contributed by atoms with E-state index in [9.17, 15) is 26.6 Å². The molecule has 0 amide bonds. The van der Waals surface area contributed by atoms with Crippen molar-refractivity contribution in [3.8, 4) is 0 Å². The van der Waals surface area contributed by atoms with E-state index in [-0.39, 0.29) is 34.2 Å². The monoisotopic (exact) mass is 348 g/mol. The lowest BCUT2D eigenvalue weighted by Gasteiger charge is -2.26. The number of Topliss-reactive ketones (excluding diaryl/α,β-unsaturated/α-hetero) is 1. The lowest BCUT2D eigenvalue weighted by atomic mass is 9.90. The van der Waals surface area contributed by atoms with Gasteiger partial charge in [0, 0.05) is 33.6 Å². The quantitative estimate of drug-likeness (QED) is 0.782. The highest BCUT2D eigenvalue weighted by Gasteiger charge is 2.42.